The lowest BCUT2D eigenvalue weighted by molar-refractivity contribution is -0.0495. The predicted molar refractivity (Wildman–Crippen MR) is 130 cm³/mol. The third-order valence-electron chi connectivity index (χ3n) is 8.04. The number of hydrogen-bond donors (Lipinski definition) is 2. The number of piperazine rings is 1. The summed E-state index contributed by atoms with van der Waals surface area (Å²) in [5.41, 5.74) is 14.0. The molecule has 1 aromatic heterocycles. The van der Waals surface area contributed by atoms with Crippen LogP contribution in [0.15, 0.2) is 23.3 Å². The summed E-state index contributed by atoms with van der Waals surface area (Å²) in [6.07, 6.45) is 8.52. The van der Waals surface area contributed by atoms with Gasteiger partial charge in [0, 0.05) is 66.8 Å². The highest BCUT2D eigenvalue weighted by Gasteiger charge is 2.58. The molecule has 2 saturated heterocycles. The summed E-state index contributed by atoms with van der Waals surface area (Å²) in [7, 11) is 0. The van der Waals surface area contributed by atoms with Crippen molar-refractivity contribution in [3.05, 3.63) is 23.9 Å². The predicted octanol–water partition coefficient (Wildman–Crippen LogP) is 3.22. The molecule has 1 aromatic rings. The van der Waals surface area contributed by atoms with Gasteiger partial charge in [0.2, 0.25) is 0 Å². The number of nitrogens with zero attached hydrogens (tertiary/aromatic N) is 4. The number of nitrogens with two attached hydrogens (primary N) is 2. The molecular weight excluding hydrogens is 438 g/mol. The molecule has 2 aliphatic heterocycles. The first kappa shape index (κ1) is 23.5. The molecule has 0 amide bonds. The number of aliphatic imine (C=N–C) groups is 1. The zero-order chi connectivity index (χ0) is 24.0. The number of hydrogen-bond acceptors (Lipinski definition) is 7. The average molecular weight is 475 g/mol. The fourth-order valence-corrected chi connectivity index (χ4v) is 6.46. The molecule has 3 unspecified atom stereocenters. The molecule has 5 atom stereocenters. The van der Waals surface area contributed by atoms with Crippen molar-refractivity contribution in [2.24, 2.45) is 28.5 Å². The van der Waals surface area contributed by atoms with Gasteiger partial charge in [-0.2, -0.15) is 8.78 Å². The van der Waals surface area contributed by atoms with Crippen molar-refractivity contribution in [1.82, 2.24) is 14.8 Å². The quantitative estimate of drug-likeness (QED) is 0.590. The van der Waals surface area contributed by atoms with Crippen molar-refractivity contribution < 1.29 is 13.5 Å². The van der Waals surface area contributed by atoms with Crippen LogP contribution in [0.25, 0.3) is 5.70 Å². The van der Waals surface area contributed by atoms with E-state index in [2.05, 4.69) is 33.4 Å². The van der Waals surface area contributed by atoms with Crippen LogP contribution in [0.2, 0.25) is 0 Å². The maximum absolute atomic E-state index is 12.7. The summed E-state index contributed by atoms with van der Waals surface area (Å²) < 4.78 is 29.9. The number of pyridine rings is 1. The Bertz CT molecular complexity index is 955. The van der Waals surface area contributed by atoms with Crippen LogP contribution >= 0.6 is 0 Å². The van der Waals surface area contributed by atoms with E-state index in [0.29, 0.717) is 35.1 Å². The molecule has 4 aliphatic rings. The van der Waals surface area contributed by atoms with Crippen LogP contribution in [-0.2, 0) is 0 Å². The average Bonchev–Trinajstić information content (AvgIpc) is 3.12. The summed E-state index contributed by atoms with van der Waals surface area (Å²) in [5.74, 6) is 1.46. The molecule has 2 saturated carbocycles. The van der Waals surface area contributed by atoms with Gasteiger partial charge in [0.25, 0.3) is 0 Å². The van der Waals surface area contributed by atoms with Crippen molar-refractivity contribution in [3.63, 3.8) is 0 Å². The Morgan fingerprint density at radius 3 is 2.62 bits per heavy atom. The molecule has 34 heavy (non-hydrogen) atoms. The number of allylic oxidation sites excluding steroid dienone is 1. The summed E-state index contributed by atoms with van der Waals surface area (Å²) >= 11 is 0. The van der Waals surface area contributed by atoms with E-state index in [-0.39, 0.29) is 17.6 Å². The summed E-state index contributed by atoms with van der Waals surface area (Å²) in [4.78, 5) is 14.3. The van der Waals surface area contributed by atoms with E-state index in [1.54, 1.807) is 0 Å². The van der Waals surface area contributed by atoms with Crippen molar-refractivity contribution in [2.75, 3.05) is 31.9 Å². The fraction of sp³-hybridized carbons (Fsp3) is 0.680. The van der Waals surface area contributed by atoms with E-state index in [0.717, 1.165) is 11.8 Å². The van der Waals surface area contributed by atoms with E-state index in [1.165, 1.54) is 64.1 Å². The first-order chi connectivity index (χ1) is 16.3. The minimum Gasteiger partial charge on any atom is -0.431 e. The first-order valence-corrected chi connectivity index (χ1v) is 12.5. The lowest BCUT2D eigenvalue weighted by atomic mass is 9.99. The monoisotopic (exact) mass is 474 g/mol. The number of nitrogen functional groups attached to an aromatic ring is 1. The van der Waals surface area contributed by atoms with Crippen molar-refractivity contribution in [2.45, 2.75) is 64.3 Å². The number of rotatable bonds is 7. The van der Waals surface area contributed by atoms with E-state index in [4.69, 9.17) is 16.5 Å². The Morgan fingerprint density at radius 1 is 1.18 bits per heavy atom. The van der Waals surface area contributed by atoms with Gasteiger partial charge in [-0.1, -0.05) is 0 Å². The van der Waals surface area contributed by atoms with Gasteiger partial charge in [-0.05, 0) is 70.1 Å². The first-order valence-electron chi connectivity index (χ1n) is 12.5. The molecule has 0 bridgehead atoms. The minimum absolute atomic E-state index is 0.0888. The molecule has 186 valence electrons. The number of aromatic nitrogens is 1. The molecule has 9 heteroatoms. The second-order valence-corrected chi connectivity index (χ2v) is 10.5. The maximum atomic E-state index is 12.7. The Hall–Kier alpha value is -2.26. The van der Waals surface area contributed by atoms with Gasteiger partial charge in [-0.3, -0.25) is 14.8 Å². The van der Waals surface area contributed by atoms with Gasteiger partial charge in [0.05, 0.1) is 0 Å². The summed E-state index contributed by atoms with van der Waals surface area (Å²) in [6, 6.07) is 3.01. The minimum atomic E-state index is -2.97. The standard InChI is InChI=1S/C25H36F2N6O/c1-14(2)31-21(11-20(28)15-8-22(34-25(26)27)24(29)30-12-15)23-18-9-17(10-19(18)23)33-7-6-32-5-3-4-16(32)13-33/h8,11-12,14,16-19,23,25H,3-7,9-10,13,28H2,1-2H3,(H2,29,30)/t16?,17?,18-,19+,23?. The summed E-state index contributed by atoms with van der Waals surface area (Å²) in [6.45, 7) is 6.06. The van der Waals surface area contributed by atoms with E-state index in [1.807, 2.05) is 6.08 Å². The van der Waals surface area contributed by atoms with Gasteiger partial charge < -0.3 is 16.2 Å². The topological polar surface area (TPSA) is 93.0 Å². The molecule has 0 spiro atoms. The zero-order valence-electron chi connectivity index (χ0n) is 20.0. The smallest absolute Gasteiger partial charge is 0.387 e. The van der Waals surface area contributed by atoms with Gasteiger partial charge >= 0.3 is 6.61 Å². The number of fused-ring (bicyclic) bond motifs is 2. The van der Waals surface area contributed by atoms with Gasteiger partial charge in [0.1, 0.15) is 0 Å². The Kier molecular flexibility index (Phi) is 6.50. The summed E-state index contributed by atoms with van der Waals surface area (Å²) in [5, 5.41) is 0. The van der Waals surface area contributed by atoms with Crippen LogP contribution < -0.4 is 16.2 Å². The van der Waals surface area contributed by atoms with Gasteiger partial charge in [0.15, 0.2) is 11.6 Å². The van der Waals surface area contributed by atoms with Gasteiger partial charge in [-0.25, -0.2) is 4.98 Å². The maximum Gasteiger partial charge on any atom is 0.387 e. The fourth-order valence-electron chi connectivity index (χ4n) is 6.46. The lowest BCUT2D eigenvalue weighted by Gasteiger charge is -2.41. The van der Waals surface area contributed by atoms with Gasteiger partial charge in [-0.15, -0.1) is 0 Å². The second kappa shape index (κ2) is 9.41. The number of ether oxygens (including phenoxy) is 1. The van der Waals surface area contributed by atoms with Crippen LogP contribution in [0.4, 0.5) is 14.6 Å². The molecule has 7 nitrogen and oxygen atoms in total. The van der Waals surface area contributed by atoms with Crippen LogP contribution in [0.5, 0.6) is 5.75 Å². The Labute approximate surface area is 200 Å². The highest BCUT2D eigenvalue weighted by atomic mass is 19.3. The zero-order valence-corrected chi connectivity index (χ0v) is 20.0. The molecular formula is C25H36F2N6O. The van der Waals surface area contributed by atoms with Crippen molar-refractivity contribution >= 4 is 17.2 Å². The third kappa shape index (κ3) is 4.77. The largest absolute Gasteiger partial charge is 0.431 e. The number of alkyl halides is 2. The molecule has 0 aromatic carbocycles. The normalized spacial score (nSPS) is 32.4. The van der Waals surface area contributed by atoms with Crippen molar-refractivity contribution in [3.8, 4) is 5.75 Å². The third-order valence-corrected chi connectivity index (χ3v) is 8.04. The van der Waals surface area contributed by atoms with Crippen molar-refractivity contribution in [1.29, 1.82) is 0 Å². The Balaban J connectivity index is 1.27. The number of halogens is 2. The molecule has 3 heterocycles. The molecule has 5 rings (SSSR count). The van der Waals surface area contributed by atoms with E-state index in [9.17, 15) is 8.78 Å². The Morgan fingerprint density at radius 2 is 1.91 bits per heavy atom. The second-order valence-electron chi connectivity index (χ2n) is 10.5. The molecule has 2 aliphatic carbocycles. The van der Waals surface area contributed by atoms with Crippen LogP contribution in [-0.4, -0.2) is 71.4 Å². The molecule has 4 N–H and O–H groups in total. The van der Waals surface area contributed by atoms with E-state index >= 15 is 0 Å². The van der Waals surface area contributed by atoms with Crippen LogP contribution in [0.3, 0.4) is 0 Å². The SMILES string of the molecule is CC(C)N=C(C=C(N)c1cnc(N)c(OC(F)F)c1)C1[C@H]2CC(N3CCN4CCCC4C3)C[C@@H]12. The highest BCUT2D eigenvalue weighted by molar-refractivity contribution is 6.04. The number of anilines is 1. The highest BCUT2D eigenvalue weighted by Crippen LogP contribution is 2.59. The van der Waals surface area contributed by atoms with Crippen LogP contribution in [0, 0.1) is 17.8 Å². The molecule has 4 fully saturated rings. The van der Waals surface area contributed by atoms with E-state index < -0.39 is 6.61 Å². The lowest BCUT2D eigenvalue weighted by Crippen LogP contribution is -2.53. The van der Waals surface area contributed by atoms with Crippen LogP contribution in [0.1, 0.15) is 45.1 Å². The molecule has 0 radical (unpaired) electrons.